The van der Waals surface area contributed by atoms with Crippen LogP contribution in [0.25, 0.3) is 0 Å². The number of nitrogens with zero attached hydrogens (tertiary/aromatic N) is 6. The zero-order valence-electron chi connectivity index (χ0n) is 16.8. The Kier molecular flexibility index (Phi) is 6.16. The molecule has 0 aromatic carbocycles. The van der Waals surface area contributed by atoms with Gasteiger partial charge in [-0.05, 0) is 25.3 Å². The number of rotatable bonds is 5. The topological polar surface area (TPSA) is 112 Å². The zero-order chi connectivity index (χ0) is 21.1. The molecule has 2 saturated heterocycles. The molecule has 162 valence electrons. The maximum atomic E-state index is 12.9. The van der Waals surface area contributed by atoms with Gasteiger partial charge in [-0.25, -0.2) is 18.4 Å². The van der Waals surface area contributed by atoms with Gasteiger partial charge in [0.05, 0.1) is 6.20 Å². The van der Waals surface area contributed by atoms with E-state index in [1.54, 1.807) is 6.20 Å². The van der Waals surface area contributed by atoms with E-state index in [-0.39, 0.29) is 15.2 Å². The fraction of sp³-hybridized carbons (Fsp3) is 0.556. The van der Waals surface area contributed by atoms with Gasteiger partial charge in [0, 0.05) is 52.4 Å². The Morgan fingerprint density at radius 1 is 1.03 bits per heavy atom. The number of hydrogen-bond acceptors (Lipinski definition) is 9. The van der Waals surface area contributed by atoms with Crippen LogP contribution >= 0.6 is 11.3 Å². The van der Waals surface area contributed by atoms with Crippen molar-refractivity contribution in [3.63, 3.8) is 0 Å². The smallest absolute Gasteiger partial charge is 0.254 e. The van der Waals surface area contributed by atoms with Crippen LogP contribution < -0.4 is 15.1 Å². The molecule has 4 rings (SSSR count). The fourth-order valence-corrected chi connectivity index (χ4v) is 6.29. The van der Waals surface area contributed by atoms with Gasteiger partial charge in [0.1, 0.15) is 5.82 Å². The Hall–Kier alpha value is -2.31. The van der Waals surface area contributed by atoms with Crippen LogP contribution in [0.3, 0.4) is 0 Å². The van der Waals surface area contributed by atoms with Crippen molar-refractivity contribution in [2.24, 2.45) is 0 Å². The third-order valence-electron chi connectivity index (χ3n) is 5.19. The van der Waals surface area contributed by atoms with E-state index in [0.29, 0.717) is 26.2 Å². The Morgan fingerprint density at radius 3 is 2.47 bits per heavy atom. The van der Waals surface area contributed by atoms with E-state index >= 15 is 0 Å². The summed E-state index contributed by atoms with van der Waals surface area (Å²) in [6, 6.07) is 1.88. The Morgan fingerprint density at radius 2 is 1.77 bits per heavy atom. The molecule has 0 atom stereocenters. The second-order valence-corrected chi connectivity index (χ2v) is 10.5. The summed E-state index contributed by atoms with van der Waals surface area (Å²) in [5.41, 5.74) is 0. The summed E-state index contributed by atoms with van der Waals surface area (Å²) in [6.45, 7) is 5.13. The summed E-state index contributed by atoms with van der Waals surface area (Å²) in [5, 5.41) is 2.80. The molecule has 4 heterocycles. The first-order chi connectivity index (χ1) is 14.4. The maximum absolute atomic E-state index is 12.9. The molecule has 2 aliphatic heterocycles. The highest BCUT2D eigenvalue weighted by atomic mass is 32.2. The normalized spacial score (nSPS) is 18.4. The fourth-order valence-electron chi connectivity index (χ4n) is 3.63. The van der Waals surface area contributed by atoms with Crippen LogP contribution in [-0.2, 0) is 14.8 Å². The molecule has 0 radical (unpaired) electrons. The molecule has 0 unspecified atom stereocenters. The summed E-state index contributed by atoms with van der Waals surface area (Å²) in [7, 11) is -3.64. The van der Waals surface area contributed by atoms with E-state index in [1.807, 2.05) is 6.07 Å². The first kappa shape index (κ1) is 20.9. The van der Waals surface area contributed by atoms with Crippen molar-refractivity contribution >= 4 is 44.2 Å². The molecule has 2 fully saturated rings. The van der Waals surface area contributed by atoms with Gasteiger partial charge in [-0.15, -0.1) is 0 Å². The molecule has 12 heteroatoms. The number of anilines is 3. The summed E-state index contributed by atoms with van der Waals surface area (Å²) in [6.07, 6.45) is 6.64. The molecule has 2 aromatic rings. The lowest BCUT2D eigenvalue weighted by Gasteiger charge is -2.35. The molecular weight excluding hydrogens is 426 g/mol. The second kappa shape index (κ2) is 8.82. The lowest BCUT2D eigenvalue weighted by Crippen LogP contribution is -2.48. The van der Waals surface area contributed by atoms with Crippen LogP contribution in [0.5, 0.6) is 0 Å². The highest BCUT2D eigenvalue weighted by Gasteiger charge is 2.31. The molecule has 1 N–H and O–H groups in total. The van der Waals surface area contributed by atoms with Crippen molar-refractivity contribution in [1.82, 2.24) is 19.3 Å². The van der Waals surface area contributed by atoms with Crippen molar-refractivity contribution in [3.05, 3.63) is 18.5 Å². The molecule has 0 saturated carbocycles. The first-order valence-corrected chi connectivity index (χ1v) is 12.3. The molecule has 10 nitrogen and oxygen atoms in total. The zero-order valence-corrected chi connectivity index (χ0v) is 18.5. The lowest BCUT2D eigenvalue weighted by atomic mass is 10.1. The molecule has 2 aliphatic rings. The third kappa shape index (κ3) is 4.55. The number of carbonyl (C=O) groups is 1. The number of piperazine rings is 1. The monoisotopic (exact) mass is 451 g/mol. The van der Waals surface area contributed by atoms with Gasteiger partial charge in [-0.2, -0.15) is 9.29 Å². The molecule has 0 aliphatic carbocycles. The van der Waals surface area contributed by atoms with Crippen molar-refractivity contribution in [2.45, 2.75) is 30.4 Å². The second-order valence-electron chi connectivity index (χ2n) is 7.32. The predicted molar refractivity (Wildman–Crippen MR) is 115 cm³/mol. The number of sulfonamides is 1. The van der Waals surface area contributed by atoms with E-state index in [4.69, 9.17) is 4.98 Å². The minimum Gasteiger partial charge on any atom is -0.354 e. The predicted octanol–water partition coefficient (Wildman–Crippen LogP) is 1.39. The minimum atomic E-state index is -3.64. The third-order valence-corrected chi connectivity index (χ3v) is 8.44. The summed E-state index contributed by atoms with van der Waals surface area (Å²) >= 11 is 0.964. The number of thiazole rings is 1. The van der Waals surface area contributed by atoms with E-state index < -0.39 is 10.0 Å². The Balaban J connectivity index is 1.41. The van der Waals surface area contributed by atoms with Crippen LogP contribution in [0, 0.1) is 0 Å². The van der Waals surface area contributed by atoms with Crippen LogP contribution in [0.4, 0.5) is 16.9 Å². The van der Waals surface area contributed by atoms with Gasteiger partial charge in [0.25, 0.3) is 10.0 Å². The summed E-state index contributed by atoms with van der Waals surface area (Å²) < 4.78 is 27.4. The van der Waals surface area contributed by atoms with Gasteiger partial charge in [0.15, 0.2) is 9.34 Å². The first-order valence-electron chi connectivity index (χ1n) is 10.00. The highest BCUT2D eigenvalue weighted by Crippen LogP contribution is 2.27. The van der Waals surface area contributed by atoms with Gasteiger partial charge < -0.3 is 15.1 Å². The molecule has 0 bridgehead atoms. The summed E-state index contributed by atoms with van der Waals surface area (Å²) in [4.78, 5) is 28.6. The molecular formula is C18H25N7O3S2. The molecule has 0 spiro atoms. The number of aromatic nitrogens is 3. The van der Waals surface area contributed by atoms with Crippen molar-refractivity contribution in [2.75, 3.05) is 54.4 Å². The average Bonchev–Trinajstić information content (AvgIpc) is 3.23. The SMILES string of the molecule is CC(=O)Nc1ncc(S(=O)(=O)N2CCN(c3ccnc(N4CCCCC4)n3)CC2)s1. The highest BCUT2D eigenvalue weighted by molar-refractivity contribution is 7.91. The van der Waals surface area contributed by atoms with Crippen LogP contribution in [0.1, 0.15) is 26.2 Å². The van der Waals surface area contributed by atoms with Crippen LogP contribution in [0.2, 0.25) is 0 Å². The lowest BCUT2D eigenvalue weighted by molar-refractivity contribution is -0.114. The van der Waals surface area contributed by atoms with Crippen molar-refractivity contribution < 1.29 is 13.2 Å². The van der Waals surface area contributed by atoms with Gasteiger partial charge in [-0.3, -0.25) is 4.79 Å². The number of hydrogen-bond donors (Lipinski definition) is 1. The average molecular weight is 452 g/mol. The van der Waals surface area contributed by atoms with Crippen LogP contribution in [-0.4, -0.2) is 72.9 Å². The Labute approximate surface area is 180 Å². The summed E-state index contributed by atoms with van der Waals surface area (Å²) in [5.74, 6) is 1.29. The standard InChI is InChI=1S/C18H25N7O3S2/c1-14(26)21-18-20-13-16(29-18)30(27,28)25-11-9-23(10-12-25)15-5-6-19-17(22-15)24-7-3-2-4-8-24/h5-6,13H,2-4,7-12H2,1H3,(H,20,21,26). The van der Waals surface area contributed by atoms with Gasteiger partial charge in [0.2, 0.25) is 11.9 Å². The van der Waals surface area contributed by atoms with Gasteiger partial charge in [-0.1, -0.05) is 11.3 Å². The van der Waals surface area contributed by atoms with Crippen LogP contribution in [0.15, 0.2) is 22.7 Å². The van der Waals surface area contributed by atoms with Gasteiger partial charge >= 0.3 is 0 Å². The minimum absolute atomic E-state index is 0.133. The Bertz CT molecular complexity index is 997. The number of carbonyl (C=O) groups excluding carboxylic acids is 1. The van der Waals surface area contributed by atoms with Crippen molar-refractivity contribution in [1.29, 1.82) is 0 Å². The van der Waals surface area contributed by atoms with E-state index in [2.05, 4.69) is 25.1 Å². The molecule has 30 heavy (non-hydrogen) atoms. The molecule has 2 aromatic heterocycles. The molecule has 1 amide bonds. The largest absolute Gasteiger partial charge is 0.354 e. The van der Waals surface area contributed by atoms with Crippen molar-refractivity contribution in [3.8, 4) is 0 Å². The number of piperidine rings is 1. The number of nitrogens with one attached hydrogen (secondary N) is 1. The quantitative estimate of drug-likeness (QED) is 0.726. The van der Waals surface area contributed by atoms with E-state index in [9.17, 15) is 13.2 Å². The maximum Gasteiger partial charge on any atom is 0.254 e. The number of amides is 1. The van der Waals surface area contributed by atoms with E-state index in [1.165, 1.54) is 23.8 Å². The van der Waals surface area contributed by atoms with E-state index in [0.717, 1.165) is 49.0 Å².